The molecule has 0 unspecified atom stereocenters. The molecule has 0 aliphatic heterocycles. The number of phenolic OH excluding ortho intramolecular Hbond substituents is 1. The van der Waals surface area contributed by atoms with E-state index in [-0.39, 0.29) is 11.2 Å². The van der Waals surface area contributed by atoms with Crippen LogP contribution in [0, 0.1) is 0 Å². The van der Waals surface area contributed by atoms with Crippen molar-refractivity contribution in [2.24, 2.45) is 0 Å². The third kappa shape index (κ3) is 3.28. The van der Waals surface area contributed by atoms with Crippen LogP contribution in [0.2, 0.25) is 0 Å². The van der Waals surface area contributed by atoms with Gasteiger partial charge >= 0.3 is 5.97 Å². The normalized spacial score (nSPS) is 10.7. The van der Waals surface area contributed by atoms with E-state index in [1.54, 1.807) is 54.7 Å². The number of nitrogens with zero attached hydrogens (tertiary/aromatic N) is 1. The number of phenols is 1. The molecule has 0 aliphatic carbocycles. The molecule has 2 aromatic carbocycles. The van der Waals surface area contributed by atoms with E-state index < -0.39 is 5.97 Å². The Morgan fingerprint density at radius 2 is 1.85 bits per heavy atom. The summed E-state index contributed by atoms with van der Waals surface area (Å²) in [5.41, 5.74) is 1.82. The van der Waals surface area contributed by atoms with Crippen molar-refractivity contribution in [1.82, 2.24) is 9.97 Å². The lowest BCUT2D eigenvalue weighted by atomic mass is 10.1. The molecule has 0 saturated heterocycles. The summed E-state index contributed by atoms with van der Waals surface area (Å²) < 4.78 is 5.31. The number of H-pyrrole nitrogens is 1. The molecule has 4 rings (SSSR count). The number of carbonyl (C=O) groups excluding carboxylic acids is 1. The maximum atomic E-state index is 12.3. The summed E-state index contributed by atoms with van der Waals surface area (Å²) in [5, 5.41) is 10.4. The summed E-state index contributed by atoms with van der Waals surface area (Å²) in [6.07, 6.45) is 3.01. The van der Waals surface area contributed by atoms with Gasteiger partial charge in [-0.3, -0.25) is 9.78 Å². The minimum Gasteiger partial charge on any atom is -0.506 e. The summed E-state index contributed by atoms with van der Waals surface area (Å²) in [5.74, 6) is -0.119. The Kier molecular flexibility index (Phi) is 4.14. The molecule has 2 N–H and O–H groups in total. The van der Waals surface area contributed by atoms with Crippen LogP contribution in [0.25, 0.3) is 22.2 Å². The Morgan fingerprint density at radius 3 is 2.59 bits per heavy atom. The van der Waals surface area contributed by atoms with Gasteiger partial charge in [0.05, 0.1) is 11.1 Å². The number of aromatic hydroxyl groups is 1. The molecule has 2 heterocycles. The molecule has 0 fully saturated rings. The van der Waals surface area contributed by atoms with Gasteiger partial charge in [-0.1, -0.05) is 6.07 Å². The fraction of sp³-hybridized carbons (Fsp3) is 0. The van der Waals surface area contributed by atoms with Crippen LogP contribution >= 0.6 is 0 Å². The minimum atomic E-state index is -0.500. The number of hydrogen-bond acceptors (Lipinski definition) is 5. The molecule has 0 bridgehead atoms. The van der Waals surface area contributed by atoms with Crippen LogP contribution in [0.15, 0.2) is 77.9 Å². The zero-order valence-electron chi connectivity index (χ0n) is 14.0. The smallest absolute Gasteiger partial charge is 0.345 e. The van der Waals surface area contributed by atoms with Crippen molar-refractivity contribution in [2.75, 3.05) is 0 Å². The number of aromatic nitrogens is 2. The van der Waals surface area contributed by atoms with Crippen molar-refractivity contribution in [1.29, 1.82) is 0 Å². The third-order valence-electron chi connectivity index (χ3n) is 4.12. The molecule has 0 atom stereocenters. The van der Waals surface area contributed by atoms with Gasteiger partial charge in [-0.2, -0.15) is 0 Å². The number of carbonyl (C=O) groups is 1. The first-order valence-corrected chi connectivity index (χ1v) is 8.19. The van der Waals surface area contributed by atoms with Gasteiger partial charge in [-0.05, 0) is 54.1 Å². The van der Waals surface area contributed by atoms with Gasteiger partial charge in [0.2, 0.25) is 0 Å². The average molecular weight is 358 g/mol. The van der Waals surface area contributed by atoms with Crippen molar-refractivity contribution in [3.63, 3.8) is 0 Å². The number of benzene rings is 2. The summed E-state index contributed by atoms with van der Waals surface area (Å²) in [7, 11) is 0. The Morgan fingerprint density at radius 1 is 1.04 bits per heavy atom. The first kappa shape index (κ1) is 16.5. The lowest BCUT2D eigenvalue weighted by Gasteiger charge is -2.08. The second-order valence-electron chi connectivity index (χ2n) is 5.90. The topological polar surface area (TPSA) is 92.3 Å². The maximum absolute atomic E-state index is 12.3. The monoisotopic (exact) mass is 358 g/mol. The number of pyridine rings is 2. The lowest BCUT2D eigenvalue weighted by molar-refractivity contribution is 0.0734. The standard InChI is InChI=1S/C21H14N2O4/c24-18-5-1-4-16-19(25)11-17(23-20(16)18)13-6-8-15(9-7-13)27-21(26)14-3-2-10-22-12-14/h1-12,24H,(H,23,25). The largest absolute Gasteiger partial charge is 0.506 e. The molecule has 0 spiro atoms. The van der Waals surface area contributed by atoms with Gasteiger partial charge in [-0.25, -0.2) is 4.79 Å². The number of nitrogens with one attached hydrogen (secondary N) is 1. The summed E-state index contributed by atoms with van der Waals surface area (Å²) in [4.78, 5) is 31.3. The van der Waals surface area contributed by atoms with Crippen LogP contribution in [-0.2, 0) is 0 Å². The van der Waals surface area contributed by atoms with E-state index in [4.69, 9.17) is 4.74 Å². The number of rotatable bonds is 3. The average Bonchev–Trinajstić information content (AvgIpc) is 2.70. The molecule has 6 nitrogen and oxygen atoms in total. The van der Waals surface area contributed by atoms with E-state index in [0.29, 0.717) is 27.9 Å². The molecule has 4 aromatic rings. The van der Waals surface area contributed by atoms with Crippen LogP contribution in [0.1, 0.15) is 10.4 Å². The molecular weight excluding hydrogens is 344 g/mol. The van der Waals surface area contributed by atoms with Crippen LogP contribution in [0.4, 0.5) is 0 Å². The molecule has 0 aliphatic rings. The summed E-state index contributed by atoms with van der Waals surface area (Å²) >= 11 is 0. The minimum absolute atomic E-state index is 0.00784. The Hall–Kier alpha value is -3.93. The molecule has 27 heavy (non-hydrogen) atoms. The van der Waals surface area contributed by atoms with Crippen molar-refractivity contribution >= 4 is 16.9 Å². The predicted molar refractivity (Wildman–Crippen MR) is 101 cm³/mol. The second kappa shape index (κ2) is 6.76. The van der Waals surface area contributed by atoms with E-state index in [1.807, 2.05) is 0 Å². The van der Waals surface area contributed by atoms with Crippen molar-refractivity contribution < 1.29 is 14.6 Å². The lowest BCUT2D eigenvalue weighted by Crippen LogP contribution is -2.08. The highest BCUT2D eigenvalue weighted by atomic mass is 16.5. The number of esters is 1. The molecular formula is C21H14N2O4. The fourth-order valence-corrected chi connectivity index (χ4v) is 2.76. The van der Waals surface area contributed by atoms with Gasteiger partial charge in [0.15, 0.2) is 5.43 Å². The van der Waals surface area contributed by atoms with Crippen LogP contribution in [-0.4, -0.2) is 21.0 Å². The Bertz CT molecular complexity index is 1180. The first-order chi connectivity index (χ1) is 13.1. The Balaban J connectivity index is 1.63. The number of aromatic amines is 1. The number of fused-ring (bicyclic) bond motifs is 1. The summed E-state index contributed by atoms with van der Waals surface area (Å²) in [6, 6.07) is 16.3. The highest BCUT2D eigenvalue weighted by Gasteiger charge is 2.10. The van der Waals surface area contributed by atoms with Crippen molar-refractivity contribution in [2.45, 2.75) is 0 Å². The molecule has 132 valence electrons. The fourth-order valence-electron chi connectivity index (χ4n) is 2.76. The van der Waals surface area contributed by atoms with Gasteiger partial charge in [-0.15, -0.1) is 0 Å². The van der Waals surface area contributed by atoms with Crippen LogP contribution in [0.5, 0.6) is 11.5 Å². The van der Waals surface area contributed by atoms with Crippen molar-refractivity contribution in [3.05, 3.63) is 88.8 Å². The van der Waals surface area contributed by atoms with E-state index >= 15 is 0 Å². The summed E-state index contributed by atoms with van der Waals surface area (Å²) in [6.45, 7) is 0. The van der Waals surface area contributed by atoms with E-state index in [2.05, 4.69) is 9.97 Å². The van der Waals surface area contributed by atoms with Gasteiger partial charge in [0.25, 0.3) is 0 Å². The van der Waals surface area contributed by atoms with E-state index in [1.165, 1.54) is 18.3 Å². The predicted octanol–water partition coefficient (Wildman–Crippen LogP) is 3.51. The third-order valence-corrected chi connectivity index (χ3v) is 4.12. The molecule has 0 radical (unpaired) electrons. The Labute approximate surface area is 153 Å². The zero-order valence-corrected chi connectivity index (χ0v) is 14.0. The molecule has 0 amide bonds. The maximum Gasteiger partial charge on any atom is 0.345 e. The molecule has 6 heteroatoms. The zero-order chi connectivity index (χ0) is 18.8. The number of ether oxygens (including phenoxy) is 1. The van der Waals surface area contributed by atoms with Gasteiger partial charge in [0, 0.05) is 29.5 Å². The highest BCUT2D eigenvalue weighted by molar-refractivity contribution is 5.90. The molecule has 2 aromatic heterocycles. The van der Waals surface area contributed by atoms with E-state index in [0.717, 1.165) is 5.56 Å². The van der Waals surface area contributed by atoms with Crippen LogP contribution in [0.3, 0.4) is 0 Å². The van der Waals surface area contributed by atoms with Gasteiger partial charge in [0.1, 0.15) is 11.5 Å². The van der Waals surface area contributed by atoms with Crippen molar-refractivity contribution in [3.8, 4) is 22.8 Å². The first-order valence-electron chi connectivity index (χ1n) is 8.19. The number of hydrogen-bond donors (Lipinski definition) is 2. The SMILES string of the molecule is O=C(Oc1ccc(-c2cc(=O)c3cccc(O)c3[nH]2)cc1)c1cccnc1. The van der Waals surface area contributed by atoms with Crippen LogP contribution < -0.4 is 10.2 Å². The van der Waals surface area contributed by atoms with Gasteiger partial charge < -0.3 is 14.8 Å². The molecule has 0 saturated carbocycles. The second-order valence-corrected chi connectivity index (χ2v) is 5.90. The number of para-hydroxylation sites is 1. The van der Waals surface area contributed by atoms with E-state index in [9.17, 15) is 14.7 Å². The highest BCUT2D eigenvalue weighted by Crippen LogP contribution is 2.25. The quantitative estimate of drug-likeness (QED) is 0.432.